The second-order valence-corrected chi connectivity index (χ2v) is 4.33. The van der Waals surface area contributed by atoms with Crippen molar-refractivity contribution in [2.45, 2.75) is 19.9 Å². The third kappa shape index (κ3) is 2.58. The Labute approximate surface area is 101 Å². The Hall–Kier alpha value is -1.97. The van der Waals surface area contributed by atoms with E-state index in [1.807, 2.05) is 39.2 Å². The van der Waals surface area contributed by atoms with Crippen LogP contribution in [0.5, 0.6) is 5.75 Å². The summed E-state index contributed by atoms with van der Waals surface area (Å²) < 4.78 is 1.74. The minimum Gasteiger partial charge on any atom is -0.508 e. The zero-order valence-corrected chi connectivity index (χ0v) is 10.3. The van der Waals surface area contributed by atoms with Gasteiger partial charge in [-0.15, -0.1) is 0 Å². The van der Waals surface area contributed by atoms with Crippen molar-refractivity contribution in [2.75, 3.05) is 5.32 Å². The van der Waals surface area contributed by atoms with Crippen molar-refractivity contribution in [2.24, 2.45) is 7.05 Å². The summed E-state index contributed by atoms with van der Waals surface area (Å²) in [7, 11) is 1.87. The first-order chi connectivity index (χ1) is 8.06. The molecule has 1 aromatic carbocycles. The van der Waals surface area contributed by atoms with E-state index >= 15 is 0 Å². The van der Waals surface area contributed by atoms with Crippen molar-refractivity contribution in [3.05, 3.63) is 41.7 Å². The zero-order chi connectivity index (χ0) is 12.4. The van der Waals surface area contributed by atoms with Crippen LogP contribution in [0.15, 0.2) is 30.6 Å². The van der Waals surface area contributed by atoms with E-state index in [9.17, 15) is 5.11 Å². The Balaban J connectivity index is 2.19. The van der Waals surface area contributed by atoms with Crippen molar-refractivity contribution in [3.8, 4) is 5.75 Å². The number of nitrogens with one attached hydrogen (secondary N) is 1. The molecule has 0 saturated heterocycles. The van der Waals surface area contributed by atoms with Gasteiger partial charge in [0.05, 0.1) is 17.9 Å². The number of hydrogen-bond donors (Lipinski definition) is 2. The minimum absolute atomic E-state index is 0.0408. The summed E-state index contributed by atoms with van der Waals surface area (Å²) >= 11 is 0. The molecular formula is C13H17N3O. The Kier molecular flexibility index (Phi) is 3.04. The molecule has 1 unspecified atom stereocenters. The molecule has 0 spiro atoms. The Morgan fingerprint density at radius 2 is 2.18 bits per heavy atom. The predicted octanol–water partition coefficient (Wildman–Crippen LogP) is 2.61. The van der Waals surface area contributed by atoms with Crippen LogP contribution in [0.3, 0.4) is 0 Å². The lowest BCUT2D eigenvalue weighted by Crippen LogP contribution is -2.06. The van der Waals surface area contributed by atoms with Crippen molar-refractivity contribution in [1.82, 2.24) is 9.78 Å². The van der Waals surface area contributed by atoms with Crippen LogP contribution in [0.4, 0.5) is 5.69 Å². The molecule has 1 aromatic heterocycles. The van der Waals surface area contributed by atoms with Crippen molar-refractivity contribution >= 4 is 5.69 Å². The van der Waals surface area contributed by atoms with Gasteiger partial charge in [0.2, 0.25) is 0 Å². The van der Waals surface area contributed by atoms with E-state index in [-0.39, 0.29) is 6.04 Å². The summed E-state index contributed by atoms with van der Waals surface area (Å²) in [4.78, 5) is 0. The van der Waals surface area contributed by atoms with Crippen LogP contribution < -0.4 is 5.32 Å². The van der Waals surface area contributed by atoms with Gasteiger partial charge in [-0.25, -0.2) is 0 Å². The molecule has 0 aliphatic carbocycles. The molecule has 2 rings (SSSR count). The summed E-state index contributed by atoms with van der Waals surface area (Å²) in [5.41, 5.74) is 2.98. The number of aromatic nitrogens is 2. The fourth-order valence-electron chi connectivity index (χ4n) is 1.84. The molecule has 2 aromatic rings. The van der Waals surface area contributed by atoms with Gasteiger partial charge in [-0.3, -0.25) is 4.68 Å². The third-order valence-corrected chi connectivity index (χ3v) is 2.74. The highest BCUT2D eigenvalue weighted by atomic mass is 16.3. The summed E-state index contributed by atoms with van der Waals surface area (Å²) in [6, 6.07) is 5.66. The first-order valence-electron chi connectivity index (χ1n) is 5.61. The minimum atomic E-state index is 0.0408. The van der Waals surface area contributed by atoms with Crippen molar-refractivity contribution in [1.29, 1.82) is 0 Å². The zero-order valence-electron chi connectivity index (χ0n) is 10.3. The fourth-order valence-corrected chi connectivity index (χ4v) is 1.84. The van der Waals surface area contributed by atoms with E-state index in [4.69, 9.17) is 0 Å². The molecule has 4 nitrogen and oxygen atoms in total. The van der Waals surface area contributed by atoms with E-state index < -0.39 is 0 Å². The van der Waals surface area contributed by atoms with Gasteiger partial charge in [0.15, 0.2) is 0 Å². The van der Waals surface area contributed by atoms with Gasteiger partial charge in [0, 0.05) is 18.8 Å². The van der Waals surface area contributed by atoms with E-state index in [1.165, 1.54) is 0 Å². The second-order valence-electron chi connectivity index (χ2n) is 4.33. The molecule has 0 aliphatic heterocycles. The van der Waals surface area contributed by atoms with Crippen molar-refractivity contribution < 1.29 is 5.11 Å². The second kappa shape index (κ2) is 4.49. The molecule has 0 radical (unpaired) electrons. The molecule has 0 aliphatic rings. The number of phenols is 1. The number of anilines is 1. The smallest absolute Gasteiger partial charge is 0.120 e. The number of hydrogen-bond acceptors (Lipinski definition) is 3. The van der Waals surface area contributed by atoms with E-state index in [2.05, 4.69) is 10.4 Å². The molecule has 0 fully saturated rings. The van der Waals surface area contributed by atoms with Crippen LogP contribution in [0, 0.1) is 6.92 Å². The van der Waals surface area contributed by atoms with Gasteiger partial charge < -0.3 is 10.4 Å². The highest BCUT2D eigenvalue weighted by Gasteiger charge is 2.10. The van der Waals surface area contributed by atoms with Crippen molar-refractivity contribution in [3.63, 3.8) is 0 Å². The standard InChI is InChI=1S/C13H17N3O/c1-9-4-5-13(17)12(6-9)10(2)15-11-7-14-16(3)8-11/h4-8,10,15,17H,1-3H3. The molecule has 1 atom stereocenters. The maximum Gasteiger partial charge on any atom is 0.120 e. The highest BCUT2D eigenvalue weighted by Crippen LogP contribution is 2.27. The van der Waals surface area contributed by atoms with Crippen LogP contribution in [-0.4, -0.2) is 14.9 Å². The van der Waals surface area contributed by atoms with Gasteiger partial charge in [-0.1, -0.05) is 17.7 Å². The highest BCUT2D eigenvalue weighted by molar-refractivity contribution is 5.45. The summed E-state index contributed by atoms with van der Waals surface area (Å²) in [5, 5.41) is 17.2. The largest absolute Gasteiger partial charge is 0.508 e. The molecule has 0 amide bonds. The molecule has 0 bridgehead atoms. The maximum atomic E-state index is 9.83. The first-order valence-corrected chi connectivity index (χ1v) is 5.61. The van der Waals surface area contributed by atoms with Gasteiger partial charge in [-0.2, -0.15) is 5.10 Å². The van der Waals surface area contributed by atoms with Crippen LogP contribution >= 0.6 is 0 Å². The normalized spacial score (nSPS) is 12.4. The number of phenolic OH excluding ortho intramolecular Hbond substituents is 1. The average Bonchev–Trinajstić information content (AvgIpc) is 2.67. The molecule has 1 heterocycles. The lowest BCUT2D eigenvalue weighted by atomic mass is 10.0. The fraction of sp³-hybridized carbons (Fsp3) is 0.308. The summed E-state index contributed by atoms with van der Waals surface area (Å²) in [5.74, 6) is 0.319. The molecular weight excluding hydrogens is 214 g/mol. The van der Waals surface area contributed by atoms with Gasteiger partial charge >= 0.3 is 0 Å². The molecule has 4 heteroatoms. The molecule has 0 saturated carbocycles. The number of aryl methyl sites for hydroxylation is 2. The van der Waals surface area contributed by atoms with E-state index in [0.717, 1.165) is 16.8 Å². The van der Waals surface area contributed by atoms with Crippen LogP contribution in [0.2, 0.25) is 0 Å². The lowest BCUT2D eigenvalue weighted by Gasteiger charge is -2.16. The van der Waals surface area contributed by atoms with Gasteiger partial charge in [0.1, 0.15) is 5.75 Å². The van der Waals surface area contributed by atoms with E-state index in [0.29, 0.717) is 5.75 Å². The monoisotopic (exact) mass is 231 g/mol. The predicted molar refractivity (Wildman–Crippen MR) is 68.1 cm³/mol. The summed E-state index contributed by atoms with van der Waals surface area (Å²) in [6.07, 6.45) is 3.67. The Morgan fingerprint density at radius 3 is 2.82 bits per heavy atom. The van der Waals surface area contributed by atoms with Crippen LogP contribution in [0.1, 0.15) is 24.1 Å². The van der Waals surface area contributed by atoms with Gasteiger partial charge in [0.25, 0.3) is 0 Å². The molecule has 90 valence electrons. The number of rotatable bonds is 3. The topological polar surface area (TPSA) is 50.1 Å². The Morgan fingerprint density at radius 1 is 1.41 bits per heavy atom. The number of aromatic hydroxyl groups is 1. The lowest BCUT2D eigenvalue weighted by molar-refractivity contribution is 0.465. The average molecular weight is 231 g/mol. The van der Waals surface area contributed by atoms with Crippen LogP contribution in [0.25, 0.3) is 0 Å². The third-order valence-electron chi connectivity index (χ3n) is 2.74. The molecule has 2 N–H and O–H groups in total. The summed E-state index contributed by atoms with van der Waals surface area (Å²) in [6.45, 7) is 4.03. The first kappa shape index (κ1) is 11.5. The molecule has 17 heavy (non-hydrogen) atoms. The maximum absolute atomic E-state index is 9.83. The SMILES string of the molecule is Cc1ccc(O)c(C(C)Nc2cnn(C)c2)c1. The Bertz CT molecular complexity index is 519. The number of benzene rings is 1. The van der Waals surface area contributed by atoms with Gasteiger partial charge in [-0.05, 0) is 19.9 Å². The van der Waals surface area contributed by atoms with Crippen LogP contribution in [-0.2, 0) is 7.05 Å². The van der Waals surface area contributed by atoms with E-state index in [1.54, 1.807) is 16.9 Å². The quantitative estimate of drug-likeness (QED) is 0.853. The number of nitrogens with zero attached hydrogens (tertiary/aromatic N) is 2.